The Hall–Kier alpha value is -3.48. The molecule has 3 N–H and O–H groups in total. The van der Waals surface area contributed by atoms with Crippen LogP contribution in [0.1, 0.15) is 11.1 Å². The van der Waals surface area contributed by atoms with Crippen LogP contribution in [0.3, 0.4) is 0 Å². The minimum absolute atomic E-state index is 0.168. The van der Waals surface area contributed by atoms with Gasteiger partial charge in [0.05, 0.1) is 24.8 Å². The van der Waals surface area contributed by atoms with Crippen LogP contribution in [0.25, 0.3) is 0 Å². The quantitative estimate of drug-likeness (QED) is 0.520. The van der Waals surface area contributed by atoms with Crippen LogP contribution in [0.2, 0.25) is 0 Å². The Bertz CT molecular complexity index is 1290. The number of benzene rings is 2. The molecule has 3 heterocycles. The van der Waals surface area contributed by atoms with Crippen LogP contribution in [0, 0.1) is 0 Å². The fourth-order valence-corrected chi connectivity index (χ4v) is 5.94. The topological polar surface area (TPSA) is 97.1 Å². The van der Waals surface area contributed by atoms with Crippen molar-refractivity contribution in [2.45, 2.75) is 31.5 Å². The first-order chi connectivity index (χ1) is 19.2. The summed E-state index contributed by atoms with van der Waals surface area (Å²) < 4.78 is 46.9. The Morgan fingerprint density at radius 2 is 1.75 bits per heavy atom. The number of carbonyl (C=O) groups is 2. The van der Waals surface area contributed by atoms with E-state index in [0.29, 0.717) is 41.6 Å². The van der Waals surface area contributed by atoms with Gasteiger partial charge in [0.15, 0.2) is 5.78 Å². The van der Waals surface area contributed by atoms with Crippen molar-refractivity contribution in [3.05, 3.63) is 82.4 Å². The van der Waals surface area contributed by atoms with Crippen LogP contribution in [-0.2, 0) is 27.4 Å². The number of ether oxygens (including phenoxy) is 2. The molecular weight excluding hydrogens is 545 g/mol. The monoisotopic (exact) mass is 574 g/mol. The summed E-state index contributed by atoms with van der Waals surface area (Å²) >= 11 is 1.43. The van der Waals surface area contributed by atoms with Gasteiger partial charge in [-0.25, -0.2) is 0 Å². The van der Waals surface area contributed by atoms with Crippen LogP contribution in [0.4, 0.5) is 18.9 Å². The molecule has 0 saturated carbocycles. The summed E-state index contributed by atoms with van der Waals surface area (Å²) in [6, 6.07) is 12.1. The number of ketones is 1. The fraction of sp³-hybridized carbons (Fsp3) is 0.357. The molecule has 5 rings (SSSR count). The van der Waals surface area contributed by atoms with Gasteiger partial charge in [-0.3, -0.25) is 9.59 Å². The molecule has 3 aliphatic rings. The maximum atomic E-state index is 13.2. The molecular formula is C28H29F3N4O4S. The van der Waals surface area contributed by atoms with Crippen LogP contribution in [-0.4, -0.2) is 67.1 Å². The molecule has 2 aromatic rings. The van der Waals surface area contributed by atoms with Crippen LogP contribution in [0.15, 0.2) is 71.3 Å². The number of morpholine rings is 1. The first-order valence-electron chi connectivity index (χ1n) is 12.8. The summed E-state index contributed by atoms with van der Waals surface area (Å²) in [5.74, 6) is -0.401. The lowest BCUT2D eigenvalue weighted by Crippen LogP contribution is -2.52. The SMILES string of the molecule is N[C@H]1CSC2=CC(C(=O)NCc3ccc(N4CCOCC4)cc3)=CN(Cc3ccc(OC(F)(F)F)cc3)C2C1=O. The zero-order valence-corrected chi connectivity index (χ0v) is 22.3. The molecule has 0 aliphatic carbocycles. The van der Waals surface area contributed by atoms with E-state index in [1.807, 2.05) is 24.3 Å². The van der Waals surface area contributed by atoms with E-state index in [4.69, 9.17) is 10.5 Å². The molecule has 1 amide bonds. The maximum absolute atomic E-state index is 13.2. The summed E-state index contributed by atoms with van der Waals surface area (Å²) in [6.07, 6.45) is -1.46. The number of Topliss-reactive ketones (excluding diaryl/α,β-unsaturated/α-hetero) is 1. The minimum atomic E-state index is -4.79. The third-order valence-electron chi connectivity index (χ3n) is 6.82. The number of hydrogen-bond donors (Lipinski definition) is 2. The molecule has 0 aromatic heterocycles. The molecule has 212 valence electrons. The second kappa shape index (κ2) is 11.9. The highest BCUT2D eigenvalue weighted by Gasteiger charge is 2.39. The molecule has 0 radical (unpaired) electrons. The highest BCUT2D eigenvalue weighted by atomic mass is 32.2. The fourth-order valence-electron chi connectivity index (χ4n) is 4.78. The smallest absolute Gasteiger partial charge is 0.406 e. The van der Waals surface area contributed by atoms with Crippen LogP contribution >= 0.6 is 11.8 Å². The normalized spacial score (nSPS) is 21.4. The van der Waals surface area contributed by atoms with Gasteiger partial charge in [0, 0.05) is 48.7 Å². The molecule has 2 aromatic carbocycles. The Morgan fingerprint density at radius 3 is 2.42 bits per heavy atom. The number of fused-ring (bicyclic) bond motifs is 1. The Balaban J connectivity index is 1.28. The van der Waals surface area contributed by atoms with E-state index in [1.54, 1.807) is 17.2 Å². The Labute approximate surface area is 234 Å². The number of thioether (sulfide) groups is 1. The number of nitrogens with zero attached hydrogens (tertiary/aromatic N) is 2. The van der Waals surface area contributed by atoms with Crippen molar-refractivity contribution >= 4 is 29.1 Å². The summed E-state index contributed by atoms with van der Waals surface area (Å²) in [5.41, 5.74) is 9.10. The Morgan fingerprint density at radius 1 is 1.07 bits per heavy atom. The molecule has 12 heteroatoms. The lowest BCUT2D eigenvalue weighted by atomic mass is 9.98. The van der Waals surface area contributed by atoms with E-state index in [2.05, 4.69) is 15.0 Å². The number of nitrogens with one attached hydrogen (secondary N) is 1. The van der Waals surface area contributed by atoms with Crippen molar-refractivity contribution in [3.63, 3.8) is 0 Å². The second-order valence-corrected chi connectivity index (χ2v) is 10.8. The van der Waals surface area contributed by atoms with Gasteiger partial charge in [0.25, 0.3) is 5.91 Å². The third-order valence-corrected chi connectivity index (χ3v) is 8.02. The third kappa shape index (κ3) is 6.80. The molecule has 1 unspecified atom stereocenters. The number of amides is 1. The van der Waals surface area contributed by atoms with Gasteiger partial charge >= 0.3 is 6.36 Å². The predicted octanol–water partition coefficient (Wildman–Crippen LogP) is 3.33. The van der Waals surface area contributed by atoms with Gasteiger partial charge in [-0.1, -0.05) is 24.3 Å². The number of carbonyl (C=O) groups excluding carboxylic acids is 2. The van der Waals surface area contributed by atoms with E-state index in [0.717, 1.165) is 24.3 Å². The molecule has 2 fully saturated rings. The molecule has 2 saturated heterocycles. The van der Waals surface area contributed by atoms with Crippen LogP contribution in [0.5, 0.6) is 5.75 Å². The molecule has 0 bridgehead atoms. The largest absolute Gasteiger partial charge is 0.573 e. The van der Waals surface area contributed by atoms with Crippen LogP contribution < -0.4 is 20.7 Å². The molecule has 2 atom stereocenters. The zero-order chi connectivity index (χ0) is 28.3. The average molecular weight is 575 g/mol. The number of alkyl halides is 3. The van der Waals surface area contributed by atoms with Crippen molar-refractivity contribution in [2.24, 2.45) is 5.73 Å². The standard InChI is InChI=1S/C28H29F3N4O4S/c29-28(30,31)39-22-7-3-19(4-8-22)15-35-16-20(13-24-25(35)26(36)23(32)17-40-24)27(37)33-14-18-1-5-21(6-2-18)34-9-11-38-12-10-34/h1-8,13,16,23,25H,9-12,14-15,17,32H2,(H,33,37)/t23-,25?/m0/s1. The highest BCUT2D eigenvalue weighted by molar-refractivity contribution is 8.03. The lowest BCUT2D eigenvalue weighted by Gasteiger charge is -2.39. The summed E-state index contributed by atoms with van der Waals surface area (Å²) in [5, 5.41) is 2.94. The summed E-state index contributed by atoms with van der Waals surface area (Å²) in [4.78, 5) is 30.8. The number of hydrogen-bond acceptors (Lipinski definition) is 8. The maximum Gasteiger partial charge on any atom is 0.573 e. The summed E-state index contributed by atoms with van der Waals surface area (Å²) in [6.45, 7) is 3.60. The van der Waals surface area contributed by atoms with Crippen molar-refractivity contribution < 1.29 is 32.2 Å². The van der Waals surface area contributed by atoms with Gasteiger partial charge in [-0.05, 0) is 41.5 Å². The number of anilines is 1. The van der Waals surface area contributed by atoms with Gasteiger partial charge in [-0.15, -0.1) is 24.9 Å². The lowest BCUT2D eigenvalue weighted by molar-refractivity contribution is -0.274. The predicted molar refractivity (Wildman–Crippen MR) is 145 cm³/mol. The van der Waals surface area contributed by atoms with Gasteiger partial charge in [-0.2, -0.15) is 0 Å². The number of rotatable bonds is 7. The number of halogens is 3. The average Bonchev–Trinajstić information content (AvgIpc) is 2.94. The zero-order valence-electron chi connectivity index (χ0n) is 21.5. The van der Waals surface area contributed by atoms with Gasteiger partial charge in [0.2, 0.25) is 0 Å². The first kappa shape index (κ1) is 28.1. The number of nitrogens with two attached hydrogens (primary N) is 1. The molecule has 40 heavy (non-hydrogen) atoms. The van der Waals surface area contributed by atoms with Gasteiger partial charge in [0.1, 0.15) is 11.8 Å². The summed E-state index contributed by atoms with van der Waals surface area (Å²) in [7, 11) is 0. The Kier molecular flexibility index (Phi) is 8.38. The van der Waals surface area contributed by atoms with E-state index < -0.39 is 18.4 Å². The second-order valence-electron chi connectivity index (χ2n) is 9.67. The van der Waals surface area contributed by atoms with Crippen molar-refractivity contribution in [3.8, 4) is 5.75 Å². The van der Waals surface area contributed by atoms with E-state index >= 15 is 0 Å². The highest BCUT2D eigenvalue weighted by Crippen LogP contribution is 2.36. The van der Waals surface area contributed by atoms with Crippen molar-refractivity contribution in [1.82, 2.24) is 10.2 Å². The van der Waals surface area contributed by atoms with Gasteiger partial charge < -0.3 is 30.3 Å². The minimum Gasteiger partial charge on any atom is -0.406 e. The molecule has 8 nitrogen and oxygen atoms in total. The molecule has 0 spiro atoms. The van der Waals surface area contributed by atoms with E-state index in [1.165, 1.54) is 36.0 Å². The van der Waals surface area contributed by atoms with E-state index in [9.17, 15) is 22.8 Å². The van der Waals surface area contributed by atoms with E-state index in [-0.39, 0.29) is 24.0 Å². The molecule has 3 aliphatic heterocycles. The van der Waals surface area contributed by atoms with Crippen molar-refractivity contribution in [1.29, 1.82) is 0 Å². The first-order valence-corrected chi connectivity index (χ1v) is 13.8. The van der Waals surface area contributed by atoms with Crippen molar-refractivity contribution in [2.75, 3.05) is 37.0 Å².